The predicted molar refractivity (Wildman–Crippen MR) is 66.0 cm³/mol. The first-order valence-electron chi connectivity index (χ1n) is 5.35. The average Bonchev–Trinajstić information content (AvgIpc) is 2.18. The number of hydrogen-bond donors (Lipinski definition) is 1. The number of nitrogens with two attached hydrogens (primary N) is 1. The Morgan fingerprint density at radius 1 is 1.18 bits per heavy atom. The van der Waals surface area contributed by atoms with E-state index in [2.05, 4.69) is 0 Å². The lowest BCUT2D eigenvalue weighted by molar-refractivity contribution is -0.139. The van der Waals surface area contributed by atoms with Crippen molar-refractivity contribution in [2.45, 2.75) is 37.1 Å². The van der Waals surface area contributed by atoms with Crippen molar-refractivity contribution in [1.82, 2.24) is 0 Å². The van der Waals surface area contributed by atoms with Crippen LogP contribution < -0.4 is 5.73 Å². The van der Waals surface area contributed by atoms with Gasteiger partial charge in [0.1, 0.15) is 0 Å². The molecular weight excluding hydrogens is 247 g/mol. The highest BCUT2D eigenvalue weighted by atomic mass is 32.2. The fourth-order valence-electron chi connectivity index (χ4n) is 1.21. The second-order valence-electron chi connectivity index (χ2n) is 4.32. The molecule has 1 atom stereocenters. The summed E-state index contributed by atoms with van der Waals surface area (Å²) in [6, 6.07) is 3.95. The topological polar surface area (TPSA) is 26.0 Å². The van der Waals surface area contributed by atoms with Gasteiger partial charge >= 0.3 is 6.18 Å². The van der Waals surface area contributed by atoms with Crippen LogP contribution in [0.3, 0.4) is 0 Å². The summed E-state index contributed by atoms with van der Waals surface area (Å²) < 4.78 is 38.4. The summed E-state index contributed by atoms with van der Waals surface area (Å²) in [7, 11) is 0. The Bertz CT molecular complexity index is 388. The van der Waals surface area contributed by atoms with Gasteiger partial charge < -0.3 is 5.73 Å². The summed E-state index contributed by atoms with van der Waals surface area (Å²) in [5.41, 5.74) is 4.90. The molecule has 17 heavy (non-hydrogen) atoms. The molecule has 5 heteroatoms. The van der Waals surface area contributed by atoms with Crippen LogP contribution in [0, 0.1) is 5.92 Å². The Labute approximate surface area is 104 Å². The Kier molecular flexibility index (Phi) is 4.36. The number of alkyl halides is 3. The van der Waals surface area contributed by atoms with Gasteiger partial charge in [0, 0.05) is 15.8 Å². The molecule has 1 aromatic carbocycles. The Hall–Kier alpha value is -0.840. The molecule has 0 radical (unpaired) electrons. The monoisotopic (exact) mass is 263 g/mol. The number of halogens is 3. The highest BCUT2D eigenvalue weighted by molar-refractivity contribution is 8.00. The first-order chi connectivity index (χ1) is 7.71. The molecule has 0 spiro atoms. The standard InChI is InChI=1S/C12H16F3NS/c1-7(2)8(3)17-11-5-4-9(16)6-10(11)12(13,14)15/h4-8H,16H2,1-3H3. The minimum atomic E-state index is -4.35. The van der Waals surface area contributed by atoms with Crippen LogP contribution >= 0.6 is 11.8 Å². The van der Waals surface area contributed by atoms with Gasteiger partial charge in [-0.25, -0.2) is 0 Å². The van der Waals surface area contributed by atoms with E-state index in [4.69, 9.17) is 5.73 Å². The second-order valence-corrected chi connectivity index (χ2v) is 5.74. The van der Waals surface area contributed by atoms with E-state index in [1.807, 2.05) is 20.8 Å². The van der Waals surface area contributed by atoms with E-state index in [-0.39, 0.29) is 15.8 Å². The number of benzene rings is 1. The van der Waals surface area contributed by atoms with Gasteiger partial charge in [-0.2, -0.15) is 13.2 Å². The van der Waals surface area contributed by atoms with E-state index in [0.29, 0.717) is 5.92 Å². The molecule has 0 bridgehead atoms. The SMILES string of the molecule is CC(C)C(C)Sc1ccc(N)cc1C(F)(F)F. The zero-order chi connectivity index (χ0) is 13.2. The molecule has 0 fully saturated rings. The van der Waals surface area contributed by atoms with E-state index in [1.165, 1.54) is 23.9 Å². The largest absolute Gasteiger partial charge is 0.417 e. The minimum Gasteiger partial charge on any atom is -0.399 e. The molecule has 0 heterocycles. The van der Waals surface area contributed by atoms with Crippen LogP contribution in [0.15, 0.2) is 23.1 Å². The van der Waals surface area contributed by atoms with Gasteiger partial charge in [-0.15, -0.1) is 11.8 Å². The van der Waals surface area contributed by atoms with Crippen LogP contribution in [-0.4, -0.2) is 5.25 Å². The third-order valence-electron chi connectivity index (χ3n) is 2.56. The van der Waals surface area contributed by atoms with Crippen molar-refractivity contribution in [2.75, 3.05) is 5.73 Å². The van der Waals surface area contributed by atoms with Gasteiger partial charge in [-0.3, -0.25) is 0 Å². The number of hydrogen-bond acceptors (Lipinski definition) is 2. The summed E-state index contributed by atoms with van der Waals surface area (Å²) in [6.45, 7) is 5.90. The van der Waals surface area contributed by atoms with Crippen molar-refractivity contribution in [1.29, 1.82) is 0 Å². The fourth-order valence-corrected chi connectivity index (χ4v) is 2.33. The molecule has 0 saturated heterocycles. The van der Waals surface area contributed by atoms with E-state index in [0.717, 1.165) is 6.07 Å². The lowest BCUT2D eigenvalue weighted by atomic mass is 10.1. The number of rotatable bonds is 3. The van der Waals surface area contributed by atoms with E-state index < -0.39 is 11.7 Å². The molecule has 1 unspecified atom stereocenters. The lowest BCUT2D eigenvalue weighted by Gasteiger charge is -2.18. The van der Waals surface area contributed by atoms with Gasteiger partial charge in [0.15, 0.2) is 0 Å². The van der Waals surface area contributed by atoms with Crippen LogP contribution in [0.4, 0.5) is 18.9 Å². The zero-order valence-corrected chi connectivity index (χ0v) is 10.8. The van der Waals surface area contributed by atoms with E-state index >= 15 is 0 Å². The van der Waals surface area contributed by atoms with Gasteiger partial charge in [-0.05, 0) is 24.1 Å². The first-order valence-corrected chi connectivity index (χ1v) is 6.23. The van der Waals surface area contributed by atoms with Gasteiger partial charge in [0.25, 0.3) is 0 Å². The minimum absolute atomic E-state index is 0.125. The van der Waals surface area contributed by atoms with E-state index in [9.17, 15) is 13.2 Å². The average molecular weight is 263 g/mol. The van der Waals surface area contributed by atoms with Crippen LogP contribution in [0.25, 0.3) is 0 Å². The van der Waals surface area contributed by atoms with Crippen LogP contribution in [0.5, 0.6) is 0 Å². The van der Waals surface area contributed by atoms with Crippen LogP contribution in [0.2, 0.25) is 0 Å². The third-order valence-corrected chi connectivity index (χ3v) is 4.09. The smallest absolute Gasteiger partial charge is 0.399 e. The predicted octanol–water partition coefficient (Wildman–Crippen LogP) is 4.42. The van der Waals surface area contributed by atoms with Crippen molar-refractivity contribution >= 4 is 17.4 Å². The number of nitrogen functional groups attached to an aromatic ring is 1. The van der Waals surface area contributed by atoms with Crippen LogP contribution in [-0.2, 0) is 6.18 Å². The molecule has 0 aliphatic heterocycles. The maximum absolute atomic E-state index is 12.8. The zero-order valence-electron chi connectivity index (χ0n) is 10.0. The molecular formula is C12H16F3NS. The number of anilines is 1. The normalized spacial score (nSPS) is 14.1. The molecule has 1 nitrogen and oxygen atoms in total. The first kappa shape index (κ1) is 14.2. The van der Waals surface area contributed by atoms with Crippen molar-refractivity contribution in [3.8, 4) is 0 Å². The molecule has 96 valence electrons. The maximum atomic E-state index is 12.8. The number of thioether (sulfide) groups is 1. The summed E-state index contributed by atoms with van der Waals surface area (Å²) in [6.07, 6.45) is -4.35. The molecule has 0 aliphatic rings. The highest BCUT2D eigenvalue weighted by Crippen LogP contribution is 2.40. The van der Waals surface area contributed by atoms with Crippen molar-refractivity contribution < 1.29 is 13.2 Å². The summed E-state index contributed by atoms with van der Waals surface area (Å²) in [5.74, 6) is 0.318. The second kappa shape index (κ2) is 5.21. The van der Waals surface area contributed by atoms with Crippen molar-refractivity contribution in [2.24, 2.45) is 5.92 Å². The summed E-state index contributed by atoms with van der Waals surface area (Å²) in [4.78, 5) is 0.243. The molecule has 0 aromatic heterocycles. The molecule has 0 aliphatic carbocycles. The quantitative estimate of drug-likeness (QED) is 0.645. The van der Waals surface area contributed by atoms with Gasteiger partial charge in [0.2, 0.25) is 0 Å². The van der Waals surface area contributed by atoms with Crippen molar-refractivity contribution in [3.63, 3.8) is 0 Å². The molecule has 0 amide bonds. The lowest BCUT2D eigenvalue weighted by Crippen LogP contribution is -2.11. The van der Waals surface area contributed by atoms with Gasteiger partial charge in [0.05, 0.1) is 5.56 Å². The van der Waals surface area contributed by atoms with E-state index in [1.54, 1.807) is 0 Å². The third kappa shape index (κ3) is 3.84. The Morgan fingerprint density at radius 3 is 2.24 bits per heavy atom. The highest BCUT2D eigenvalue weighted by Gasteiger charge is 2.34. The van der Waals surface area contributed by atoms with Gasteiger partial charge in [-0.1, -0.05) is 20.8 Å². The summed E-state index contributed by atoms with van der Waals surface area (Å²) >= 11 is 1.24. The summed E-state index contributed by atoms with van der Waals surface area (Å²) in [5, 5.41) is 0.125. The van der Waals surface area contributed by atoms with Crippen LogP contribution in [0.1, 0.15) is 26.3 Å². The molecule has 1 rings (SSSR count). The molecule has 1 aromatic rings. The molecule has 0 saturated carbocycles. The Morgan fingerprint density at radius 2 is 1.76 bits per heavy atom. The fraction of sp³-hybridized carbons (Fsp3) is 0.500. The van der Waals surface area contributed by atoms with Crippen molar-refractivity contribution in [3.05, 3.63) is 23.8 Å². The Balaban J connectivity index is 3.07. The molecule has 2 N–H and O–H groups in total. The maximum Gasteiger partial charge on any atom is 0.417 e.